The lowest BCUT2D eigenvalue weighted by Gasteiger charge is -2.14. The highest BCUT2D eigenvalue weighted by Gasteiger charge is 2.22. The Morgan fingerprint density at radius 1 is 1.25 bits per heavy atom. The van der Waals surface area contributed by atoms with Gasteiger partial charge < -0.3 is 0 Å². The Bertz CT molecular complexity index is 721. The van der Waals surface area contributed by atoms with Crippen LogP contribution in [-0.2, 0) is 10.0 Å². The molecule has 20 heavy (non-hydrogen) atoms. The first-order valence-electron chi connectivity index (χ1n) is 6.32. The second kappa shape index (κ2) is 5.63. The van der Waals surface area contributed by atoms with Crippen LogP contribution >= 0.6 is 11.3 Å². The van der Waals surface area contributed by atoms with Crippen LogP contribution in [0.5, 0.6) is 0 Å². The second-order valence-electron chi connectivity index (χ2n) is 4.82. The van der Waals surface area contributed by atoms with Crippen molar-refractivity contribution in [2.24, 2.45) is 0 Å². The van der Waals surface area contributed by atoms with Crippen LogP contribution in [0, 0.1) is 20.8 Å². The maximum atomic E-state index is 12.4. The zero-order valence-corrected chi connectivity index (χ0v) is 13.6. The highest BCUT2D eigenvalue weighted by Crippen LogP contribution is 2.26. The van der Waals surface area contributed by atoms with Crippen LogP contribution in [-0.4, -0.2) is 13.4 Å². The Labute approximate surface area is 123 Å². The molecular formula is C14H18N2O2S2. The molecule has 0 amide bonds. The number of pyridine rings is 1. The van der Waals surface area contributed by atoms with Gasteiger partial charge in [0.15, 0.2) is 0 Å². The smallest absolute Gasteiger partial charge is 0.242 e. The molecule has 108 valence electrons. The lowest BCUT2D eigenvalue weighted by molar-refractivity contribution is 0.563. The summed E-state index contributed by atoms with van der Waals surface area (Å²) in [6, 6.07) is 6.93. The van der Waals surface area contributed by atoms with Crippen molar-refractivity contribution in [2.75, 3.05) is 0 Å². The Kier molecular flexibility index (Phi) is 4.27. The van der Waals surface area contributed by atoms with E-state index in [4.69, 9.17) is 0 Å². The van der Waals surface area contributed by atoms with Gasteiger partial charge in [0, 0.05) is 15.4 Å². The highest BCUT2D eigenvalue weighted by molar-refractivity contribution is 7.89. The summed E-state index contributed by atoms with van der Waals surface area (Å²) in [4.78, 5) is 6.51. The van der Waals surface area contributed by atoms with Gasteiger partial charge in [-0.1, -0.05) is 6.07 Å². The van der Waals surface area contributed by atoms with E-state index in [1.807, 2.05) is 39.0 Å². The van der Waals surface area contributed by atoms with E-state index in [1.54, 1.807) is 13.0 Å². The first-order chi connectivity index (χ1) is 9.29. The van der Waals surface area contributed by atoms with Crippen molar-refractivity contribution in [1.82, 2.24) is 9.71 Å². The van der Waals surface area contributed by atoms with Gasteiger partial charge in [0.25, 0.3) is 0 Å². The van der Waals surface area contributed by atoms with Gasteiger partial charge in [-0.2, -0.15) is 0 Å². The van der Waals surface area contributed by atoms with E-state index < -0.39 is 10.0 Å². The fourth-order valence-corrected chi connectivity index (χ4v) is 4.81. The molecule has 4 nitrogen and oxygen atoms in total. The number of hydrogen-bond donors (Lipinski definition) is 1. The standard InChI is InChI=1S/C14H18N2O2S2/c1-9-6-5-7-13(15-9)11(3)16-20(17,18)14-8-10(2)19-12(14)4/h5-8,11,16H,1-4H3. The summed E-state index contributed by atoms with van der Waals surface area (Å²) in [7, 11) is -3.51. The van der Waals surface area contributed by atoms with E-state index in [0.29, 0.717) is 4.90 Å². The monoisotopic (exact) mass is 310 g/mol. The average molecular weight is 310 g/mol. The maximum absolute atomic E-state index is 12.4. The average Bonchev–Trinajstić information content (AvgIpc) is 2.69. The number of hydrogen-bond acceptors (Lipinski definition) is 4. The van der Waals surface area contributed by atoms with Gasteiger partial charge in [0.05, 0.1) is 16.6 Å². The number of nitrogens with zero attached hydrogens (tertiary/aromatic N) is 1. The molecule has 0 saturated carbocycles. The van der Waals surface area contributed by atoms with E-state index in [0.717, 1.165) is 21.1 Å². The fourth-order valence-electron chi connectivity index (χ4n) is 2.04. The zero-order valence-electron chi connectivity index (χ0n) is 12.0. The van der Waals surface area contributed by atoms with Crippen molar-refractivity contribution in [3.63, 3.8) is 0 Å². The molecule has 0 radical (unpaired) electrons. The van der Waals surface area contributed by atoms with Crippen molar-refractivity contribution >= 4 is 21.4 Å². The Morgan fingerprint density at radius 3 is 2.50 bits per heavy atom. The van der Waals surface area contributed by atoms with Crippen molar-refractivity contribution in [1.29, 1.82) is 0 Å². The number of aromatic nitrogens is 1. The van der Waals surface area contributed by atoms with Crippen LogP contribution in [0.4, 0.5) is 0 Å². The van der Waals surface area contributed by atoms with E-state index in [2.05, 4.69) is 9.71 Å². The van der Waals surface area contributed by atoms with Gasteiger partial charge in [-0.25, -0.2) is 13.1 Å². The fraction of sp³-hybridized carbons (Fsp3) is 0.357. The number of sulfonamides is 1. The molecule has 0 aliphatic heterocycles. The van der Waals surface area contributed by atoms with E-state index in [9.17, 15) is 8.42 Å². The minimum Gasteiger partial charge on any atom is -0.256 e. The quantitative estimate of drug-likeness (QED) is 0.944. The first-order valence-corrected chi connectivity index (χ1v) is 8.62. The summed E-state index contributed by atoms with van der Waals surface area (Å²) in [5.41, 5.74) is 1.59. The summed E-state index contributed by atoms with van der Waals surface area (Å²) in [6.45, 7) is 7.41. The Hall–Kier alpha value is -1.24. The summed E-state index contributed by atoms with van der Waals surface area (Å²) < 4.78 is 27.5. The molecular weight excluding hydrogens is 292 g/mol. The van der Waals surface area contributed by atoms with Crippen LogP contribution in [0.15, 0.2) is 29.2 Å². The van der Waals surface area contributed by atoms with Gasteiger partial charge in [0.2, 0.25) is 10.0 Å². The van der Waals surface area contributed by atoms with Crippen LogP contribution in [0.2, 0.25) is 0 Å². The Balaban J connectivity index is 2.27. The first kappa shape index (κ1) is 15.2. The van der Waals surface area contributed by atoms with E-state index >= 15 is 0 Å². The summed E-state index contributed by atoms with van der Waals surface area (Å²) in [5.74, 6) is 0. The topological polar surface area (TPSA) is 59.1 Å². The number of rotatable bonds is 4. The maximum Gasteiger partial charge on any atom is 0.242 e. The normalized spacial score (nSPS) is 13.4. The molecule has 1 atom stereocenters. The van der Waals surface area contributed by atoms with Gasteiger partial charge in [-0.05, 0) is 45.9 Å². The molecule has 0 aromatic carbocycles. The van der Waals surface area contributed by atoms with Gasteiger partial charge in [-0.15, -0.1) is 11.3 Å². The van der Waals surface area contributed by atoms with Crippen molar-refractivity contribution in [3.05, 3.63) is 45.4 Å². The molecule has 0 saturated heterocycles. The molecule has 0 spiro atoms. The lowest BCUT2D eigenvalue weighted by Crippen LogP contribution is -2.27. The molecule has 0 aliphatic rings. The molecule has 2 rings (SSSR count). The highest BCUT2D eigenvalue weighted by atomic mass is 32.2. The van der Waals surface area contributed by atoms with E-state index in [-0.39, 0.29) is 6.04 Å². The minimum atomic E-state index is -3.51. The van der Waals surface area contributed by atoms with Gasteiger partial charge in [0.1, 0.15) is 0 Å². The molecule has 1 unspecified atom stereocenters. The molecule has 2 heterocycles. The molecule has 0 bridgehead atoms. The third-order valence-electron chi connectivity index (χ3n) is 2.97. The van der Waals surface area contributed by atoms with Crippen LogP contribution in [0.3, 0.4) is 0 Å². The summed E-state index contributed by atoms with van der Waals surface area (Å²) in [6.07, 6.45) is 0. The number of aryl methyl sites for hydroxylation is 3. The molecule has 0 aliphatic carbocycles. The van der Waals surface area contributed by atoms with Gasteiger partial charge in [-0.3, -0.25) is 4.98 Å². The minimum absolute atomic E-state index is 0.361. The SMILES string of the molecule is Cc1cccc(C(C)NS(=O)(=O)c2cc(C)sc2C)n1. The Morgan fingerprint density at radius 2 is 1.95 bits per heavy atom. The van der Waals surface area contributed by atoms with Crippen LogP contribution < -0.4 is 4.72 Å². The third kappa shape index (κ3) is 3.26. The molecule has 1 N–H and O–H groups in total. The van der Waals surface area contributed by atoms with Crippen LogP contribution in [0.25, 0.3) is 0 Å². The zero-order chi connectivity index (χ0) is 14.9. The predicted molar refractivity (Wildman–Crippen MR) is 81.5 cm³/mol. The largest absolute Gasteiger partial charge is 0.256 e. The molecule has 2 aromatic rings. The van der Waals surface area contributed by atoms with Crippen LogP contribution in [0.1, 0.15) is 34.1 Å². The summed E-state index contributed by atoms with van der Waals surface area (Å²) >= 11 is 1.49. The second-order valence-corrected chi connectivity index (χ2v) is 7.97. The third-order valence-corrected chi connectivity index (χ3v) is 5.73. The molecule has 6 heteroatoms. The van der Waals surface area contributed by atoms with Crippen molar-refractivity contribution in [3.8, 4) is 0 Å². The predicted octanol–water partition coefficient (Wildman–Crippen LogP) is 3.11. The van der Waals surface area contributed by atoms with Crippen molar-refractivity contribution in [2.45, 2.75) is 38.6 Å². The van der Waals surface area contributed by atoms with Gasteiger partial charge >= 0.3 is 0 Å². The van der Waals surface area contributed by atoms with Crippen molar-refractivity contribution < 1.29 is 8.42 Å². The molecule has 0 fully saturated rings. The number of nitrogens with one attached hydrogen (secondary N) is 1. The molecule has 2 aromatic heterocycles. The van der Waals surface area contributed by atoms with E-state index in [1.165, 1.54) is 11.3 Å². The summed E-state index contributed by atoms with van der Waals surface area (Å²) in [5, 5.41) is 0. The lowest BCUT2D eigenvalue weighted by atomic mass is 10.2. The number of thiophene rings is 1.